The van der Waals surface area contributed by atoms with E-state index in [9.17, 15) is 4.79 Å². The largest absolute Gasteiger partial charge is 0.496 e. The van der Waals surface area contributed by atoms with Crippen molar-refractivity contribution < 1.29 is 19.4 Å². The van der Waals surface area contributed by atoms with Gasteiger partial charge in [0.2, 0.25) is 0 Å². The van der Waals surface area contributed by atoms with Crippen LogP contribution in [0.2, 0.25) is 0 Å². The van der Waals surface area contributed by atoms with Gasteiger partial charge in [0.05, 0.1) is 23.8 Å². The Labute approximate surface area is 95.9 Å². The fraction of sp³-hybridized carbons (Fsp3) is 0.300. The van der Waals surface area contributed by atoms with Crippen LogP contribution in [0.5, 0.6) is 5.75 Å². The zero-order valence-corrected chi connectivity index (χ0v) is 9.78. The topological polar surface area (TPSA) is 55.8 Å². The highest BCUT2D eigenvalue weighted by atomic mass is 79.9. The lowest BCUT2D eigenvalue weighted by Gasteiger charge is -2.06. The molecule has 0 radical (unpaired) electrons. The van der Waals surface area contributed by atoms with Crippen molar-refractivity contribution in [3.8, 4) is 5.75 Å². The molecule has 0 aliphatic carbocycles. The minimum absolute atomic E-state index is 0.00246. The SMILES string of the molecule is COc1ccc(C(=O)OCCO)cc1Br. The molecular weight excluding hydrogens is 264 g/mol. The van der Waals surface area contributed by atoms with Gasteiger partial charge >= 0.3 is 5.97 Å². The third kappa shape index (κ3) is 3.21. The first-order valence-electron chi connectivity index (χ1n) is 4.30. The third-order valence-corrected chi connectivity index (χ3v) is 2.33. The van der Waals surface area contributed by atoms with Crippen LogP contribution in [0, 0.1) is 0 Å². The maximum atomic E-state index is 11.4. The molecule has 0 spiro atoms. The van der Waals surface area contributed by atoms with Crippen LogP contribution in [0.15, 0.2) is 22.7 Å². The van der Waals surface area contributed by atoms with Crippen molar-refractivity contribution in [3.05, 3.63) is 28.2 Å². The number of aliphatic hydroxyl groups is 1. The van der Waals surface area contributed by atoms with E-state index in [-0.39, 0.29) is 13.2 Å². The number of hydrogen-bond acceptors (Lipinski definition) is 4. The summed E-state index contributed by atoms with van der Waals surface area (Å²) in [7, 11) is 1.55. The van der Waals surface area contributed by atoms with E-state index in [2.05, 4.69) is 15.9 Å². The lowest BCUT2D eigenvalue weighted by atomic mass is 10.2. The van der Waals surface area contributed by atoms with Crippen LogP contribution in [0.1, 0.15) is 10.4 Å². The van der Waals surface area contributed by atoms with Crippen molar-refractivity contribution >= 4 is 21.9 Å². The molecule has 0 aromatic heterocycles. The summed E-state index contributed by atoms with van der Waals surface area (Å²) in [5, 5.41) is 8.49. The van der Waals surface area contributed by atoms with Crippen LogP contribution in [0.25, 0.3) is 0 Å². The number of esters is 1. The summed E-state index contributed by atoms with van der Waals surface area (Å²) >= 11 is 3.26. The second-order valence-electron chi connectivity index (χ2n) is 2.71. The Morgan fingerprint density at radius 1 is 1.53 bits per heavy atom. The highest BCUT2D eigenvalue weighted by Gasteiger charge is 2.09. The zero-order valence-electron chi connectivity index (χ0n) is 8.20. The Bertz CT molecular complexity index is 351. The Kier molecular flexibility index (Phi) is 4.58. The van der Waals surface area contributed by atoms with E-state index in [1.807, 2.05) is 0 Å². The summed E-state index contributed by atoms with van der Waals surface area (Å²) in [5.41, 5.74) is 0.413. The normalized spacial score (nSPS) is 9.80. The van der Waals surface area contributed by atoms with E-state index in [1.165, 1.54) is 0 Å². The molecule has 0 aliphatic heterocycles. The van der Waals surface area contributed by atoms with Crippen LogP contribution < -0.4 is 4.74 Å². The highest BCUT2D eigenvalue weighted by molar-refractivity contribution is 9.10. The van der Waals surface area contributed by atoms with Gasteiger partial charge in [-0.15, -0.1) is 0 Å². The number of ether oxygens (including phenoxy) is 2. The molecule has 1 aromatic rings. The van der Waals surface area contributed by atoms with Crippen molar-refractivity contribution in [1.82, 2.24) is 0 Å². The molecule has 5 heteroatoms. The van der Waals surface area contributed by atoms with E-state index in [0.29, 0.717) is 15.8 Å². The predicted molar refractivity (Wildman–Crippen MR) is 58.1 cm³/mol. The van der Waals surface area contributed by atoms with Gasteiger partial charge in [0, 0.05) is 0 Å². The molecule has 0 aliphatic rings. The smallest absolute Gasteiger partial charge is 0.338 e. The molecule has 1 rings (SSSR count). The maximum absolute atomic E-state index is 11.4. The standard InChI is InChI=1S/C10H11BrO4/c1-14-9-3-2-7(6-8(9)11)10(13)15-5-4-12/h2-3,6,12H,4-5H2,1H3. The molecule has 0 heterocycles. The summed E-state index contributed by atoms with van der Waals surface area (Å²) < 4.78 is 10.5. The third-order valence-electron chi connectivity index (χ3n) is 1.71. The van der Waals surface area contributed by atoms with E-state index in [1.54, 1.807) is 25.3 Å². The Morgan fingerprint density at radius 2 is 2.27 bits per heavy atom. The van der Waals surface area contributed by atoms with Crippen molar-refractivity contribution in [2.24, 2.45) is 0 Å². The molecule has 15 heavy (non-hydrogen) atoms. The van der Waals surface area contributed by atoms with Gasteiger partial charge in [-0.2, -0.15) is 0 Å². The fourth-order valence-corrected chi connectivity index (χ4v) is 1.56. The maximum Gasteiger partial charge on any atom is 0.338 e. The van der Waals surface area contributed by atoms with Gasteiger partial charge in [-0.05, 0) is 34.1 Å². The van der Waals surface area contributed by atoms with Crippen LogP contribution in [0.3, 0.4) is 0 Å². The van der Waals surface area contributed by atoms with Gasteiger partial charge in [0.25, 0.3) is 0 Å². The zero-order chi connectivity index (χ0) is 11.3. The molecular formula is C10H11BrO4. The number of methoxy groups -OCH3 is 1. The van der Waals surface area contributed by atoms with Gasteiger partial charge < -0.3 is 14.6 Å². The Hall–Kier alpha value is -1.07. The molecule has 0 saturated carbocycles. The van der Waals surface area contributed by atoms with Crippen molar-refractivity contribution in [3.63, 3.8) is 0 Å². The number of carbonyl (C=O) groups excluding carboxylic acids is 1. The number of benzene rings is 1. The molecule has 0 saturated heterocycles. The minimum atomic E-state index is -0.465. The summed E-state index contributed by atoms with van der Waals surface area (Å²) in [5.74, 6) is 0.182. The van der Waals surface area contributed by atoms with E-state index < -0.39 is 5.97 Å². The molecule has 1 aromatic carbocycles. The van der Waals surface area contributed by atoms with Crippen LogP contribution >= 0.6 is 15.9 Å². The van der Waals surface area contributed by atoms with E-state index in [0.717, 1.165) is 0 Å². The molecule has 0 fully saturated rings. The summed E-state index contributed by atoms with van der Waals surface area (Å²) in [6.45, 7) is -0.175. The first kappa shape index (κ1) is 12.0. The first-order valence-corrected chi connectivity index (χ1v) is 5.10. The van der Waals surface area contributed by atoms with Gasteiger partial charge in [0.15, 0.2) is 0 Å². The molecule has 82 valence electrons. The van der Waals surface area contributed by atoms with Crippen LogP contribution in [-0.4, -0.2) is 31.4 Å². The number of rotatable bonds is 4. The Morgan fingerprint density at radius 3 is 2.80 bits per heavy atom. The minimum Gasteiger partial charge on any atom is -0.496 e. The summed E-state index contributed by atoms with van der Waals surface area (Å²) in [6.07, 6.45) is 0. The van der Waals surface area contributed by atoms with Crippen molar-refractivity contribution in [2.75, 3.05) is 20.3 Å². The van der Waals surface area contributed by atoms with Crippen molar-refractivity contribution in [1.29, 1.82) is 0 Å². The van der Waals surface area contributed by atoms with E-state index in [4.69, 9.17) is 14.6 Å². The predicted octanol–water partition coefficient (Wildman–Crippen LogP) is 1.61. The Balaban J connectivity index is 2.78. The van der Waals surface area contributed by atoms with Crippen molar-refractivity contribution in [2.45, 2.75) is 0 Å². The number of hydrogen-bond donors (Lipinski definition) is 1. The lowest BCUT2D eigenvalue weighted by Crippen LogP contribution is -2.08. The van der Waals surface area contributed by atoms with Gasteiger partial charge in [0.1, 0.15) is 12.4 Å². The second-order valence-corrected chi connectivity index (χ2v) is 3.56. The van der Waals surface area contributed by atoms with Gasteiger partial charge in [-0.25, -0.2) is 4.79 Å². The molecule has 0 unspecified atom stereocenters. The first-order chi connectivity index (χ1) is 7.19. The number of carbonyl (C=O) groups is 1. The van der Waals surface area contributed by atoms with Gasteiger partial charge in [-0.1, -0.05) is 0 Å². The van der Waals surface area contributed by atoms with E-state index >= 15 is 0 Å². The molecule has 4 nitrogen and oxygen atoms in total. The molecule has 1 N–H and O–H groups in total. The quantitative estimate of drug-likeness (QED) is 0.848. The summed E-state index contributed by atoms with van der Waals surface area (Å²) in [6, 6.07) is 4.88. The fourth-order valence-electron chi connectivity index (χ4n) is 1.02. The molecule has 0 atom stereocenters. The molecule has 0 bridgehead atoms. The lowest BCUT2D eigenvalue weighted by molar-refractivity contribution is 0.0433. The highest BCUT2D eigenvalue weighted by Crippen LogP contribution is 2.25. The second kappa shape index (κ2) is 5.72. The molecule has 0 amide bonds. The monoisotopic (exact) mass is 274 g/mol. The van der Waals surface area contributed by atoms with Crippen LogP contribution in [0.4, 0.5) is 0 Å². The average Bonchev–Trinajstić information content (AvgIpc) is 2.25. The number of aliphatic hydroxyl groups excluding tert-OH is 1. The average molecular weight is 275 g/mol. The van der Waals surface area contributed by atoms with Gasteiger partial charge in [-0.3, -0.25) is 0 Å². The summed E-state index contributed by atoms with van der Waals surface area (Å²) in [4.78, 5) is 11.4. The van der Waals surface area contributed by atoms with Crippen LogP contribution in [-0.2, 0) is 4.74 Å². The number of halogens is 1.